The van der Waals surface area contributed by atoms with E-state index in [0.717, 1.165) is 76.3 Å². The van der Waals surface area contributed by atoms with Crippen LogP contribution in [0.2, 0.25) is 0 Å². The molecule has 1 aromatic carbocycles. The fraction of sp³-hybridized carbons (Fsp3) is 0.780. The largest absolute Gasteiger partial charge is 0.472 e. The van der Waals surface area contributed by atoms with Gasteiger partial charge < -0.3 is 25.1 Å². The molecule has 0 aliphatic heterocycles. The van der Waals surface area contributed by atoms with Crippen molar-refractivity contribution >= 4 is 36.5 Å². The second-order valence-electron chi connectivity index (χ2n) is 16.5. The van der Waals surface area contributed by atoms with E-state index in [-0.39, 0.29) is 24.6 Å². The Balaban J connectivity index is 2.42. The van der Waals surface area contributed by atoms with Crippen LogP contribution < -0.4 is 10.6 Å². The Labute approximate surface area is 356 Å². The monoisotopic (exact) mass is 874 g/mol. The molecule has 1 aromatic rings. The van der Waals surface area contributed by atoms with Gasteiger partial charge >= 0.3 is 24.9 Å². The van der Waals surface area contributed by atoms with E-state index in [4.69, 9.17) is 9.05 Å². The van der Waals surface area contributed by atoms with E-state index >= 15 is 0 Å². The number of aliphatic hydroxyl groups is 1. The van der Waals surface area contributed by atoms with Gasteiger partial charge in [0.25, 0.3) is 0 Å². The number of nitro benzene ring substituents is 3. The number of benzene rings is 1. The van der Waals surface area contributed by atoms with Crippen molar-refractivity contribution < 1.29 is 47.7 Å². The molecule has 1 amide bonds. The van der Waals surface area contributed by atoms with Crippen molar-refractivity contribution in [2.24, 2.45) is 0 Å². The zero-order chi connectivity index (χ0) is 44.8. The van der Waals surface area contributed by atoms with Crippen molar-refractivity contribution in [3.8, 4) is 0 Å². The Hall–Kier alpha value is -3.54. The maximum Gasteiger partial charge on any atom is 0.472 e. The van der Waals surface area contributed by atoms with E-state index in [1.165, 1.54) is 57.8 Å². The second kappa shape index (κ2) is 31.3. The lowest BCUT2D eigenvalue weighted by atomic mass is 10.0. The third-order valence-corrected chi connectivity index (χ3v) is 11.0. The van der Waals surface area contributed by atoms with Crippen molar-refractivity contribution in [2.45, 2.75) is 160 Å². The fourth-order valence-corrected chi connectivity index (χ4v) is 7.23. The number of unbranched alkanes of at least 4 members (excludes halogenated alkanes) is 19. The predicted molar refractivity (Wildman–Crippen MR) is 234 cm³/mol. The number of phosphoric ester groups is 1. The molecule has 0 fully saturated rings. The molecule has 18 nitrogen and oxygen atoms in total. The molecule has 60 heavy (non-hydrogen) atoms. The van der Waals surface area contributed by atoms with Gasteiger partial charge in [0.15, 0.2) is 0 Å². The number of carbonyl (C=O) groups is 1. The number of quaternary nitrogens is 1. The van der Waals surface area contributed by atoms with E-state index in [0.29, 0.717) is 30.4 Å². The predicted octanol–water partition coefficient (Wildman–Crippen LogP) is 9.67. The summed E-state index contributed by atoms with van der Waals surface area (Å²) in [7, 11) is 1.37. The summed E-state index contributed by atoms with van der Waals surface area (Å²) in [5.74, 6) is -0.285. The molecule has 0 bridgehead atoms. The van der Waals surface area contributed by atoms with Crippen LogP contribution in [0.1, 0.15) is 148 Å². The molecule has 0 heterocycles. The summed E-state index contributed by atoms with van der Waals surface area (Å²) in [4.78, 5) is 53.8. The van der Waals surface area contributed by atoms with E-state index in [9.17, 15) is 49.7 Å². The van der Waals surface area contributed by atoms with Gasteiger partial charge in [0.2, 0.25) is 5.91 Å². The Bertz CT molecular complexity index is 1460. The first-order valence-corrected chi connectivity index (χ1v) is 23.4. The summed E-state index contributed by atoms with van der Waals surface area (Å²) >= 11 is 0. The lowest BCUT2D eigenvalue weighted by Crippen LogP contribution is -2.45. The second-order valence-corrected chi connectivity index (χ2v) is 18.0. The highest BCUT2D eigenvalue weighted by Gasteiger charge is 2.37. The molecular weight excluding hydrogens is 799 g/mol. The number of carbonyl (C=O) groups excluding carboxylic acids is 1. The van der Waals surface area contributed by atoms with Gasteiger partial charge in [0.05, 0.1) is 54.7 Å². The first-order chi connectivity index (χ1) is 28.5. The smallest absolute Gasteiger partial charge is 0.387 e. The number of nitrogens with zero attached hydrogens (tertiary/aromatic N) is 4. The number of likely N-dealkylation sites (N-methyl/N-ethyl adjacent to an activating group) is 1. The quantitative estimate of drug-likeness (QED) is 0.0121. The molecule has 0 saturated carbocycles. The van der Waals surface area contributed by atoms with Crippen LogP contribution in [0.4, 0.5) is 22.7 Å². The number of nitrogens with one attached hydrogen (secondary N) is 2. The van der Waals surface area contributed by atoms with Crippen LogP contribution in [0.25, 0.3) is 0 Å². The summed E-state index contributed by atoms with van der Waals surface area (Å²) < 4.78 is 23.4. The molecule has 344 valence electrons. The summed E-state index contributed by atoms with van der Waals surface area (Å²) in [6, 6.07) is 0.935. The Morgan fingerprint density at radius 1 is 0.767 bits per heavy atom. The van der Waals surface area contributed by atoms with Crippen molar-refractivity contribution in [1.29, 1.82) is 0 Å². The van der Waals surface area contributed by atoms with Crippen molar-refractivity contribution in [3.63, 3.8) is 0 Å². The van der Waals surface area contributed by atoms with E-state index in [1.807, 2.05) is 27.2 Å². The molecule has 0 saturated heterocycles. The Morgan fingerprint density at radius 3 is 1.73 bits per heavy atom. The highest BCUT2D eigenvalue weighted by atomic mass is 31.2. The van der Waals surface area contributed by atoms with Crippen LogP contribution in [-0.4, -0.2) is 94.8 Å². The average molecular weight is 874 g/mol. The number of phosphoric acid groups is 1. The molecule has 0 aromatic heterocycles. The number of nitro groups is 3. The molecule has 0 spiro atoms. The number of aliphatic hydroxyl groups excluding tert-OH is 1. The molecular formula is C41H74N6O12P+. The molecule has 19 heteroatoms. The Kier molecular flexibility index (Phi) is 28.4. The zero-order valence-electron chi connectivity index (χ0n) is 36.6. The molecule has 3 unspecified atom stereocenters. The summed E-state index contributed by atoms with van der Waals surface area (Å²) in [6.45, 7) is 2.71. The normalized spacial score (nSPS) is 13.8. The lowest BCUT2D eigenvalue weighted by Gasteiger charge is -2.25. The van der Waals surface area contributed by atoms with E-state index < -0.39 is 58.4 Å². The van der Waals surface area contributed by atoms with Crippen LogP contribution in [0.3, 0.4) is 0 Å². The molecule has 0 aliphatic carbocycles. The van der Waals surface area contributed by atoms with Crippen LogP contribution in [0.5, 0.6) is 0 Å². The van der Waals surface area contributed by atoms with E-state index in [1.54, 1.807) is 6.08 Å². The highest BCUT2D eigenvalue weighted by Crippen LogP contribution is 2.43. The summed E-state index contributed by atoms with van der Waals surface area (Å²) in [5, 5.41) is 50.4. The number of hydrogen-bond acceptors (Lipinski definition) is 12. The van der Waals surface area contributed by atoms with Gasteiger partial charge in [-0.05, 0) is 25.7 Å². The standard InChI is InChI=1S/C41H73N6O12P/c1-5-6-7-8-9-10-11-12-13-15-18-21-24-27-39(48)36(34-59-60(56,57)58-31-30-47(2,3)4)43-40(49)28-25-22-19-16-14-17-20-23-26-29-42-35-32-37(44(50)51)41(46(54)55)38(33-35)45(52)53/h24,27,32-33,36,39,42,48H,5-23,25-26,28-31,34H2,1-4H3,(H-,43,49,56,57)/p+1. The average Bonchev–Trinajstić information content (AvgIpc) is 3.17. The van der Waals surface area contributed by atoms with Crippen molar-refractivity contribution in [2.75, 3.05) is 52.8 Å². The van der Waals surface area contributed by atoms with Gasteiger partial charge in [-0.3, -0.25) is 44.2 Å². The first kappa shape index (κ1) is 54.5. The van der Waals surface area contributed by atoms with Crippen LogP contribution in [0.15, 0.2) is 24.3 Å². The van der Waals surface area contributed by atoms with Gasteiger partial charge in [0.1, 0.15) is 13.2 Å². The zero-order valence-corrected chi connectivity index (χ0v) is 37.5. The third kappa shape index (κ3) is 26.6. The topological polar surface area (TPSA) is 247 Å². The molecule has 0 aliphatic rings. The van der Waals surface area contributed by atoms with Gasteiger partial charge in [-0.2, -0.15) is 0 Å². The number of rotatable bonds is 38. The lowest BCUT2D eigenvalue weighted by molar-refractivity contribution is -0.870. The van der Waals surface area contributed by atoms with Crippen molar-refractivity contribution in [1.82, 2.24) is 5.32 Å². The number of anilines is 1. The van der Waals surface area contributed by atoms with Gasteiger partial charge in [-0.25, -0.2) is 4.57 Å². The molecule has 3 atom stereocenters. The molecule has 4 N–H and O–H groups in total. The maximum atomic E-state index is 12.9. The first-order valence-electron chi connectivity index (χ1n) is 21.9. The SMILES string of the molecule is CCCCCCCCCCCCCC=CC(O)C(COP(=O)(O)OCC[N+](C)(C)C)NC(=O)CCCCCCCCCCCNc1cc([N+](=O)[O-])c([N+](=O)[O-])c([N+](=O)[O-])c1. The van der Waals surface area contributed by atoms with Gasteiger partial charge in [-0.1, -0.05) is 128 Å². The minimum absolute atomic E-state index is 0.00533. The number of hydrogen-bond donors (Lipinski definition) is 4. The number of amides is 1. The van der Waals surface area contributed by atoms with Crippen LogP contribution in [0, 0.1) is 30.3 Å². The summed E-state index contributed by atoms with van der Waals surface area (Å²) in [5.41, 5.74) is -2.95. The highest BCUT2D eigenvalue weighted by molar-refractivity contribution is 7.47. The Morgan fingerprint density at radius 2 is 1.25 bits per heavy atom. The minimum atomic E-state index is -4.41. The van der Waals surface area contributed by atoms with Crippen LogP contribution >= 0.6 is 7.82 Å². The van der Waals surface area contributed by atoms with Crippen molar-refractivity contribution in [3.05, 3.63) is 54.6 Å². The van der Waals surface area contributed by atoms with E-state index in [2.05, 4.69) is 17.6 Å². The van der Waals surface area contributed by atoms with Gasteiger partial charge in [0, 0.05) is 30.8 Å². The fourth-order valence-electron chi connectivity index (χ4n) is 6.49. The van der Waals surface area contributed by atoms with Crippen LogP contribution in [-0.2, 0) is 18.4 Å². The molecule has 1 rings (SSSR count). The van der Waals surface area contributed by atoms with Gasteiger partial charge in [-0.15, -0.1) is 0 Å². The number of allylic oxidation sites excluding steroid dienone is 1. The molecule has 0 radical (unpaired) electrons. The summed E-state index contributed by atoms with van der Waals surface area (Å²) in [6.07, 6.45) is 24.9. The minimum Gasteiger partial charge on any atom is -0.387 e. The third-order valence-electron chi connectivity index (χ3n) is 10.1. The maximum absolute atomic E-state index is 12.9.